The molecule has 0 spiro atoms. The van der Waals surface area contributed by atoms with E-state index >= 15 is 0 Å². The summed E-state index contributed by atoms with van der Waals surface area (Å²) in [7, 11) is -2.98. The molecule has 0 unspecified atom stereocenters. The van der Waals surface area contributed by atoms with E-state index < -0.39 is 34.7 Å². The first-order valence-electron chi connectivity index (χ1n) is 11.4. The van der Waals surface area contributed by atoms with Crippen LogP contribution in [0.1, 0.15) is 27.2 Å². The Morgan fingerprint density at radius 3 is 2.92 bits per heavy atom. The summed E-state index contributed by atoms with van der Waals surface area (Å²) in [5, 5.41) is 14.2. The third-order valence-electron chi connectivity index (χ3n) is 6.18. The molecule has 37 heavy (non-hydrogen) atoms. The number of ketones is 1. The van der Waals surface area contributed by atoms with Crippen LogP contribution in [-0.4, -0.2) is 65.3 Å². The Hall–Kier alpha value is -3.23. The molecule has 13 heteroatoms. The van der Waals surface area contributed by atoms with Gasteiger partial charge in [0.15, 0.2) is 5.78 Å². The highest BCUT2D eigenvalue weighted by molar-refractivity contribution is 7.84. The summed E-state index contributed by atoms with van der Waals surface area (Å²) in [5.74, 6) is -0.285. The largest absolute Gasteiger partial charge is 0.387 e. The van der Waals surface area contributed by atoms with Gasteiger partial charge in [-0.3, -0.25) is 8.98 Å². The molecular formula is C24H24FN5O5S2. The predicted molar refractivity (Wildman–Crippen MR) is 137 cm³/mol. The Morgan fingerprint density at radius 2 is 2.14 bits per heavy atom. The van der Waals surface area contributed by atoms with Gasteiger partial charge in [-0.05, 0) is 23.6 Å². The van der Waals surface area contributed by atoms with Crippen LogP contribution < -0.4 is 10.0 Å². The number of aliphatic hydroxyl groups is 1. The van der Waals surface area contributed by atoms with E-state index in [1.165, 1.54) is 22.6 Å². The van der Waals surface area contributed by atoms with Crippen LogP contribution in [-0.2, 0) is 21.0 Å². The molecule has 1 fully saturated rings. The quantitative estimate of drug-likeness (QED) is 0.273. The summed E-state index contributed by atoms with van der Waals surface area (Å²) < 4.78 is 48.1. The number of thiophene rings is 1. The van der Waals surface area contributed by atoms with Gasteiger partial charge in [0.1, 0.15) is 30.5 Å². The van der Waals surface area contributed by atoms with Gasteiger partial charge >= 0.3 is 10.3 Å². The number of carbonyl (C=O) groups is 1. The molecule has 1 aliphatic rings. The van der Waals surface area contributed by atoms with Gasteiger partial charge in [0.05, 0.1) is 18.2 Å². The average Bonchev–Trinajstić information content (AvgIpc) is 3.59. The van der Waals surface area contributed by atoms with Gasteiger partial charge in [-0.1, -0.05) is 18.2 Å². The zero-order valence-electron chi connectivity index (χ0n) is 19.6. The second-order valence-corrected chi connectivity index (χ2v) is 11.3. The molecule has 3 heterocycles. The average molecular weight is 546 g/mol. The Morgan fingerprint density at radius 1 is 1.32 bits per heavy atom. The van der Waals surface area contributed by atoms with Crippen molar-refractivity contribution in [3.8, 4) is 0 Å². The first kappa shape index (κ1) is 25.4. The highest BCUT2D eigenvalue weighted by atomic mass is 32.2. The zero-order chi connectivity index (χ0) is 26.2. The molecule has 1 saturated carbocycles. The highest BCUT2D eigenvalue weighted by Gasteiger charge is 2.46. The number of carbonyl (C=O) groups excluding carboxylic acids is 1. The summed E-state index contributed by atoms with van der Waals surface area (Å²) >= 11 is 1.69. The number of hydrogen-bond donors (Lipinski definition) is 3. The Bertz CT molecular complexity index is 1510. The SMILES string of the molecule is CNS(=O)(=O)O[C@@H]1C[C@@H](Nc2ncncc2C(=O)c2ccn(Cc3cc4ccccc4s3)c2)[C@@H](F)[C@@H]1O. The molecule has 0 aliphatic heterocycles. The molecule has 0 saturated heterocycles. The number of hydrogen-bond acceptors (Lipinski definition) is 9. The van der Waals surface area contributed by atoms with Crippen LogP contribution in [0.4, 0.5) is 10.2 Å². The number of nitrogens with one attached hydrogen (secondary N) is 2. The fraction of sp³-hybridized carbons (Fsp3) is 0.292. The van der Waals surface area contributed by atoms with Crippen molar-refractivity contribution in [3.63, 3.8) is 0 Å². The standard InChI is InChI=1S/C24H24FN5O5S2/c1-26-37(33,34)35-19-9-18(21(25)23(19)32)29-24-17(10-27-13-28-24)22(31)15-6-7-30(11-15)12-16-8-14-4-2-3-5-20(14)36-16/h2-8,10-11,13,18-19,21,23,26,32H,9,12H2,1H3,(H,27,28,29)/t18-,19-,21-,23-/m1/s1. The lowest BCUT2D eigenvalue weighted by molar-refractivity contribution is 0.0248. The third kappa shape index (κ3) is 5.40. The van der Waals surface area contributed by atoms with Crippen LogP contribution in [0.25, 0.3) is 10.1 Å². The molecule has 5 rings (SSSR count). The summed E-state index contributed by atoms with van der Waals surface area (Å²) in [6.07, 6.45) is 1.10. The number of halogens is 1. The number of nitrogens with zero attached hydrogens (tertiary/aromatic N) is 3. The van der Waals surface area contributed by atoms with Gasteiger partial charge < -0.3 is 15.0 Å². The lowest BCUT2D eigenvalue weighted by atomic mass is 10.1. The second-order valence-electron chi connectivity index (χ2n) is 8.65. The topological polar surface area (TPSA) is 135 Å². The van der Waals surface area contributed by atoms with E-state index in [0.29, 0.717) is 12.1 Å². The molecule has 0 radical (unpaired) electrons. The molecule has 3 aromatic heterocycles. The summed E-state index contributed by atoms with van der Waals surface area (Å²) in [4.78, 5) is 22.5. The van der Waals surface area contributed by atoms with Gasteiger partial charge in [-0.25, -0.2) is 14.4 Å². The lowest BCUT2D eigenvalue weighted by Gasteiger charge is -2.17. The minimum atomic E-state index is -4.13. The van der Waals surface area contributed by atoms with Crippen LogP contribution in [0.5, 0.6) is 0 Å². The Kier molecular flexibility index (Phi) is 7.05. The van der Waals surface area contributed by atoms with Crippen molar-refractivity contribution < 1.29 is 26.9 Å². The molecule has 194 valence electrons. The fourth-order valence-corrected chi connectivity index (χ4v) is 6.01. The number of aromatic nitrogens is 3. The lowest BCUT2D eigenvalue weighted by Crippen LogP contribution is -2.35. The Labute approximate surface area is 216 Å². The maximum Gasteiger partial charge on any atom is 0.335 e. The third-order valence-corrected chi connectivity index (χ3v) is 8.29. The number of aliphatic hydroxyl groups excluding tert-OH is 1. The van der Waals surface area contributed by atoms with Crippen molar-refractivity contribution >= 4 is 43.3 Å². The summed E-state index contributed by atoms with van der Waals surface area (Å²) in [5.41, 5.74) is 0.527. The maximum atomic E-state index is 14.8. The first-order valence-corrected chi connectivity index (χ1v) is 13.6. The van der Waals surface area contributed by atoms with Gasteiger partial charge in [0.25, 0.3) is 0 Å². The van der Waals surface area contributed by atoms with E-state index in [9.17, 15) is 22.7 Å². The van der Waals surface area contributed by atoms with Crippen molar-refractivity contribution in [3.05, 3.63) is 77.3 Å². The van der Waals surface area contributed by atoms with Gasteiger partial charge in [0.2, 0.25) is 0 Å². The highest BCUT2D eigenvalue weighted by Crippen LogP contribution is 2.31. The minimum absolute atomic E-state index is 0.0780. The number of anilines is 1. The fourth-order valence-electron chi connectivity index (χ4n) is 4.32. The smallest absolute Gasteiger partial charge is 0.335 e. The van der Waals surface area contributed by atoms with E-state index in [1.807, 2.05) is 27.6 Å². The van der Waals surface area contributed by atoms with E-state index in [4.69, 9.17) is 4.18 Å². The molecule has 3 N–H and O–H groups in total. The molecule has 0 bridgehead atoms. The molecule has 10 nitrogen and oxygen atoms in total. The van der Waals surface area contributed by atoms with Crippen molar-refractivity contribution in [1.29, 1.82) is 0 Å². The maximum absolute atomic E-state index is 14.8. The second kappa shape index (κ2) is 10.3. The van der Waals surface area contributed by atoms with Crippen molar-refractivity contribution in [2.45, 2.75) is 37.4 Å². The van der Waals surface area contributed by atoms with Crippen molar-refractivity contribution in [2.75, 3.05) is 12.4 Å². The monoisotopic (exact) mass is 545 g/mol. The van der Waals surface area contributed by atoms with E-state index in [0.717, 1.165) is 11.9 Å². The van der Waals surface area contributed by atoms with Crippen LogP contribution in [0.15, 0.2) is 61.3 Å². The zero-order valence-corrected chi connectivity index (χ0v) is 21.2. The molecular weight excluding hydrogens is 521 g/mol. The summed E-state index contributed by atoms with van der Waals surface area (Å²) in [6.45, 7) is 0.601. The van der Waals surface area contributed by atoms with Crippen LogP contribution >= 0.6 is 11.3 Å². The van der Waals surface area contributed by atoms with Crippen LogP contribution in [0.3, 0.4) is 0 Å². The number of rotatable bonds is 9. The van der Waals surface area contributed by atoms with Crippen LogP contribution in [0.2, 0.25) is 0 Å². The van der Waals surface area contributed by atoms with Gasteiger partial charge in [0, 0.05) is 47.2 Å². The molecule has 4 atom stereocenters. The van der Waals surface area contributed by atoms with Crippen molar-refractivity contribution in [2.24, 2.45) is 0 Å². The molecule has 1 aromatic carbocycles. The Balaban J connectivity index is 1.31. The van der Waals surface area contributed by atoms with Gasteiger partial charge in [-0.15, -0.1) is 11.3 Å². The number of alkyl halides is 1. The normalized spacial score (nSPS) is 21.9. The minimum Gasteiger partial charge on any atom is -0.387 e. The first-order chi connectivity index (χ1) is 17.7. The number of benzene rings is 1. The van der Waals surface area contributed by atoms with E-state index in [2.05, 4.69) is 33.5 Å². The van der Waals surface area contributed by atoms with Gasteiger partial charge in [-0.2, -0.15) is 13.1 Å². The molecule has 4 aromatic rings. The van der Waals surface area contributed by atoms with E-state index in [-0.39, 0.29) is 23.6 Å². The van der Waals surface area contributed by atoms with Crippen molar-refractivity contribution in [1.82, 2.24) is 19.3 Å². The van der Waals surface area contributed by atoms with Crippen LogP contribution in [0, 0.1) is 0 Å². The number of fused-ring (bicyclic) bond motifs is 1. The predicted octanol–water partition coefficient (Wildman–Crippen LogP) is 2.50. The van der Waals surface area contributed by atoms with E-state index in [1.54, 1.807) is 23.6 Å². The summed E-state index contributed by atoms with van der Waals surface area (Å²) in [6, 6.07) is 10.9. The molecule has 0 amide bonds. The molecule has 1 aliphatic carbocycles.